The van der Waals surface area contributed by atoms with Crippen LogP contribution >= 0.6 is 0 Å². The topological polar surface area (TPSA) is 229 Å². The summed E-state index contributed by atoms with van der Waals surface area (Å²) in [5.41, 5.74) is 5.75. The molecule has 1 aliphatic heterocycles. The fourth-order valence-electron chi connectivity index (χ4n) is 5.16. The number of primary amides is 1. The highest BCUT2D eigenvalue weighted by Crippen LogP contribution is 2.21. The number of allylic oxidation sites excluding steroid dienone is 1. The van der Waals surface area contributed by atoms with Gasteiger partial charge in [0.05, 0.1) is 13.7 Å². The molecule has 5 amide bonds. The van der Waals surface area contributed by atoms with Crippen molar-refractivity contribution in [2.75, 3.05) is 20.3 Å². The summed E-state index contributed by atoms with van der Waals surface area (Å²) < 4.78 is 14.7. The number of nitrogens with two attached hydrogens (primary N) is 1. The lowest BCUT2D eigenvalue weighted by Gasteiger charge is -2.30. The van der Waals surface area contributed by atoms with Gasteiger partial charge in [0.2, 0.25) is 29.5 Å². The van der Waals surface area contributed by atoms with E-state index in [0.717, 1.165) is 6.08 Å². The van der Waals surface area contributed by atoms with E-state index in [1.54, 1.807) is 19.9 Å². The molecule has 0 radical (unpaired) electrons. The van der Waals surface area contributed by atoms with Crippen molar-refractivity contribution in [2.24, 2.45) is 11.7 Å². The van der Waals surface area contributed by atoms with Gasteiger partial charge in [0.25, 0.3) is 0 Å². The molecule has 16 heteroatoms. The maximum Gasteiger partial charge on any atom is 0.330 e. The van der Waals surface area contributed by atoms with Crippen LogP contribution in [0.4, 0.5) is 0 Å². The van der Waals surface area contributed by atoms with Gasteiger partial charge in [-0.05, 0) is 64.4 Å². The Bertz CT molecular complexity index is 1390. The highest BCUT2D eigenvalue weighted by molar-refractivity contribution is 5.98. The number of likely N-dealkylation sites (tertiary alicyclic amines) is 1. The molecular weight excluding hydrogens is 640 g/mol. The van der Waals surface area contributed by atoms with Crippen LogP contribution < -0.4 is 21.7 Å². The number of esters is 2. The van der Waals surface area contributed by atoms with Gasteiger partial charge in [-0.2, -0.15) is 0 Å². The molecule has 2 rings (SSSR count). The van der Waals surface area contributed by atoms with Gasteiger partial charge >= 0.3 is 11.9 Å². The second kappa shape index (κ2) is 20.4. The zero-order chi connectivity index (χ0) is 36.5. The Morgan fingerprint density at radius 1 is 1.06 bits per heavy atom. The molecule has 1 aromatic rings. The molecule has 1 fully saturated rings. The van der Waals surface area contributed by atoms with Crippen LogP contribution in [0.25, 0.3) is 6.08 Å². The molecule has 1 aromatic heterocycles. The summed E-state index contributed by atoms with van der Waals surface area (Å²) >= 11 is 0. The van der Waals surface area contributed by atoms with Crippen molar-refractivity contribution < 1.29 is 47.6 Å². The van der Waals surface area contributed by atoms with Crippen LogP contribution in [0.1, 0.15) is 77.2 Å². The Hall–Kier alpha value is -5.02. The predicted octanol–water partition coefficient (Wildman–Crippen LogP) is 0.826. The largest absolute Gasteiger partial charge is 0.467 e. The van der Waals surface area contributed by atoms with Crippen molar-refractivity contribution >= 4 is 47.6 Å². The number of hydrogen-bond donors (Lipinski definition) is 4. The molecule has 0 aliphatic carbocycles. The van der Waals surface area contributed by atoms with Gasteiger partial charge in [-0.25, -0.2) is 9.59 Å². The molecule has 16 nitrogen and oxygen atoms in total. The van der Waals surface area contributed by atoms with Gasteiger partial charge < -0.3 is 40.6 Å². The fourth-order valence-corrected chi connectivity index (χ4v) is 5.16. The molecule has 49 heavy (non-hydrogen) atoms. The molecule has 0 bridgehead atoms. The number of hydrogen-bond acceptors (Lipinski definition) is 11. The zero-order valence-corrected chi connectivity index (χ0v) is 28.7. The number of aromatic nitrogens is 1. The average Bonchev–Trinajstić information content (AvgIpc) is 3.71. The molecule has 0 unspecified atom stereocenters. The van der Waals surface area contributed by atoms with Gasteiger partial charge in [-0.15, -0.1) is 0 Å². The van der Waals surface area contributed by atoms with E-state index < -0.39 is 65.6 Å². The Balaban J connectivity index is 2.26. The summed E-state index contributed by atoms with van der Waals surface area (Å²) in [5.74, 6) is -3.85. The van der Waals surface area contributed by atoms with Crippen molar-refractivity contribution in [3.63, 3.8) is 0 Å². The highest BCUT2D eigenvalue weighted by Gasteiger charge is 2.39. The van der Waals surface area contributed by atoms with Crippen molar-refractivity contribution in [2.45, 2.75) is 96.8 Å². The third-order valence-corrected chi connectivity index (χ3v) is 7.49. The number of nitrogens with zero attached hydrogens (tertiary/aromatic N) is 2. The van der Waals surface area contributed by atoms with Crippen LogP contribution in [-0.2, 0) is 43.0 Å². The van der Waals surface area contributed by atoms with Crippen LogP contribution in [0.2, 0.25) is 0 Å². The summed E-state index contributed by atoms with van der Waals surface area (Å²) in [7, 11) is 1.22. The number of nitrogens with one attached hydrogen (secondary N) is 3. The van der Waals surface area contributed by atoms with Crippen molar-refractivity contribution in [3.8, 4) is 0 Å². The van der Waals surface area contributed by atoms with Crippen molar-refractivity contribution in [3.05, 3.63) is 35.7 Å². The van der Waals surface area contributed by atoms with Crippen molar-refractivity contribution in [1.29, 1.82) is 0 Å². The number of carbonyl (C=O) groups is 7. The van der Waals surface area contributed by atoms with Crippen molar-refractivity contribution in [1.82, 2.24) is 26.0 Å². The lowest BCUT2D eigenvalue weighted by Crippen LogP contribution is -2.57. The summed E-state index contributed by atoms with van der Waals surface area (Å²) in [5, 5.41) is 11.7. The molecule has 0 spiro atoms. The minimum absolute atomic E-state index is 0.0284. The molecule has 2 heterocycles. The van der Waals surface area contributed by atoms with Gasteiger partial charge in [0.15, 0.2) is 0 Å². The smallest absolute Gasteiger partial charge is 0.330 e. The molecular formula is C33H48N6O10. The van der Waals surface area contributed by atoms with Crippen LogP contribution in [-0.4, -0.2) is 96.0 Å². The van der Waals surface area contributed by atoms with E-state index >= 15 is 0 Å². The molecule has 0 saturated carbocycles. The first-order valence-electron chi connectivity index (χ1n) is 16.3. The van der Waals surface area contributed by atoms with E-state index in [4.69, 9.17) is 19.7 Å². The number of aryl methyl sites for hydroxylation is 1. The van der Waals surface area contributed by atoms with E-state index in [2.05, 4.69) is 21.1 Å². The van der Waals surface area contributed by atoms with E-state index in [-0.39, 0.29) is 44.8 Å². The van der Waals surface area contributed by atoms with E-state index in [1.807, 2.05) is 13.8 Å². The lowest BCUT2D eigenvalue weighted by atomic mass is 10.0. The average molecular weight is 689 g/mol. The SMILES string of the molecule is CCOC(=O)/C=C/CC[C@@H](NC(=O)/C=C/c1cc(C)on1)C(=O)N[C@H](CCC(N)=O)C(=O)N1CCC[C@H]1C(=O)N[C@H](CC(C)C)C(=O)OC. The number of rotatable bonds is 19. The number of methoxy groups -OCH3 is 1. The van der Waals surface area contributed by atoms with Gasteiger partial charge in [0, 0.05) is 31.2 Å². The molecule has 5 N–H and O–H groups in total. The first kappa shape index (κ1) is 40.2. The third kappa shape index (κ3) is 13.9. The van der Waals surface area contributed by atoms with E-state index in [0.29, 0.717) is 30.7 Å². The molecule has 4 atom stereocenters. The molecule has 270 valence electrons. The maximum absolute atomic E-state index is 13.9. The quantitative estimate of drug-likeness (QED) is 0.117. The summed E-state index contributed by atoms with van der Waals surface area (Å²) in [6.45, 7) is 7.50. The zero-order valence-electron chi connectivity index (χ0n) is 28.7. The monoisotopic (exact) mass is 688 g/mol. The predicted molar refractivity (Wildman–Crippen MR) is 176 cm³/mol. The number of amides is 5. The van der Waals surface area contributed by atoms with Gasteiger partial charge in [0.1, 0.15) is 35.6 Å². The highest BCUT2D eigenvalue weighted by atomic mass is 16.5. The number of ether oxygens (including phenoxy) is 2. The second-order valence-corrected chi connectivity index (χ2v) is 12.0. The first-order valence-corrected chi connectivity index (χ1v) is 16.3. The Morgan fingerprint density at radius 3 is 2.41 bits per heavy atom. The normalized spacial score (nSPS) is 16.3. The maximum atomic E-state index is 13.9. The summed E-state index contributed by atoms with van der Waals surface area (Å²) in [6.07, 6.45) is 6.15. The minimum atomic E-state index is -1.27. The van der Waals surface area contributed by atoms with Gasteiger partial charge in [-0.1, -0.05) is 25.1 Å². The molecule has 0 aromatic carbocycles. The number of carbonyl (C=O) groups excluding carboxylic acids is 7. The van der Waals surface area contributed by atoms with E-state index in [9.17, 15) is 33.6 Å². The molecule has 1 saturated heterocycles. The van der Waals surface area contributed by atoms with E-state index in [1.165, 1.54) is 30.2 Å². The first-order chi connectivity index (χ1) is 23.2. The standard InChI is InChI=1S/C33H48N6O10/c1-6-48-29(42)12-8-7-10-23(35-28(41)16-13-22-19-21(4)49-38-22)30(43)36-24(14-15-27(34)40)32(45)39-17-9-11-26(39)31(44)37-25(18-20(2)3)33(46)47-5/h8,12-13,16,19-20,23-26H,6-7,9-11,14-15,17-18H2,1-5H3,(H2,34,40)(H,35,41)(H,36,43)(H,37,44)/b12-8+,16-13+/t23-,24-,25-,26+/m1/s1. The summed E-state index contributed by atoms with van der Waals surface area (Å²) in [4.78, 5) is 90.7. The third-order valence-electron chi connectivity index (χ3n) is 7.49. The lowest BCUT2D eigenvalue weighted by molar-refractivity contribution is -0.147. The molecule has 1 aliphatic rings. The summed E-state index contributed by atoms with van der Waals surface area (Å²) in [6, 6.07) is -2.70. The minimum Gasteiger partial charge on any atom is -0.467 e. The second-order valence-electron chi connectivity index (χ2n) is 12.0. The van der Waals surface area contributed by atoms with Crippen LogP contribution in [0, 0.1) is 12.8 Å². The van der Waals surface area contributed by atoms with Gasteiger partial charge in [-0.3, -0.25) is 24.0 Å². The fraction of sp³-hybridized carbons (Fsp3) is 0.576. The van der Waals surface area contributed by atoms with Crippen LogP contribution in [0.3, 0.4) is 0 Å². The van der Waals surface area contributed by atoms with Crippen LogP contribution in [0.15, 0.2) is 28.8 Å². The Labute approximate surface area is 285 Å². The van der Waals surface area contributed by atoms with Crippen LogP contribution in [0.5, 0.6) is 0 Å². The Morgan fingerprint density at radius 2 is 1.80 bits per heavy atom. The Kier molecular flexibility index (Phi) is 16.7.